The van der Waals surface area contributed by atoms with Crippen LogP contribution in [0.2, 0.25) is 0 Å². The van der Waals surface area contributed by atoms with Crippen LogP contribution in [0.15, 0.2) is 23.8 Å². The monoisotopic (exact) mass is 396 g/mol. The van der Waals surface area contributed by atoms with Crippen molar-refractivity contribution in [3.8, 4) is 0 Å². The Hall–Kier alpha value is -1.18. The second kappa shape index (κ2) is 7.50. The summed E-state index contributed by atoms with van der Waals surface area (Å²) in [6, 6.07) is 0. The van der Waals surface area contributed by atoms with Crippen molar-refractivity contribution in [2.45, 2.75) is 86.0 Å². The van der Waals surface area contributed by atoms with Gasteiger partial charge in [-0.1, -0.05) is 46.8 Å². The molecule has 0 aromatic heterocycles. The average Bonchev–Trinajstić information content (AvgIpc) is 3.00. The predicted molar refractivity (Wildman–Crippen MR) is 118 cm³/mol. The first-order chi connectivity index (χ1) is 13.7. The molecule has 4 rings (SSSR count). The molecule has 3 saturated carbocycles. The molecule has 29 heavy (non-hydrogen) atoms. The fourth-order valence-corrected chi connectivity index (χ4v) is 7.99. The fourth-order valence-electron chi connectivity index (χ4n) is 7.99. The van der Waals surface area contributed by atoms with Crippen molar-refractivity contribution >= 4 is 11.6 Å². The highest BCUT2D eigenvalue weighted by atomic mass is 16.1. The summed E-state index contributed by atoms with van der Waals surface area (Å²) in [5.74, 6) is 4.30. The number of fused-ring (bicyclic) bond motifs is 5. The molecular formula is C27H40O2. The van der Waals surface area contributed by atoms with E-state index in [-0.39, 0.29) is 17.0 Å². The maximum absolute atomic E-state index is 13.1. The lowest BCUT2D eigenvalue weighted by molar-refractivity contribution is -0.131. The van der Waals surface area contributed by atoms with Crippen LogP contribution in [0.25, 0.3) is 0 Å². The van der Waals surface area contributed by atoms with E-state index >= 15 is 0 Å². The van der Waals surface area contributed by atoms with Crippen LogP contribution in [-0.2, 0) is 9.59 Å². The number of Topliss-reactive ketones (excluding diaryl/α,β-unsaturated/α-hetero) is 1. The van der Waals surface area contributed by atoms with Crippen LogP contribution < -0.4 is 0 Å². The molecule has 0 spiro atoms. The molecule has 0 heterocycles. The minimum absolute atomic E-state index is 0.0594. The van der Waals surface area contributed by atoms with Crippen LogP contribution in [0.4, 0.5) is 0 Å². The number of carbonyl (C=O) groups excluding carboxylic acids is 2. The van der Waals surface area contributed by atoms with Gasteiger partial charge in [0, 0.05) is 18.4 Å². The van der Waals surface area contributed by atoms with Gasteiger partial charge in [-0.05, 0) is 90.9 Å². The number of hydrogen-bond donors (Lipinski definition) is 0. The smallest absolute Gasteiger partial charge is 0.159 e. The minimum Gasteiger partial charge on any atom is -0.295 e. The third-order valence-electron chi connectivity index (χ3n) is 9.54. The molecule has 0 saturated heterocycles. The van der Waals surface area contributed by atoms with Crippen molar-refractivity contribution in [1.29, 1.82) is 0 Å². The molecule has 0 unspecified atom stereocenters. The summed E-state index contributed by atoms with van der Waals surface area (Å²) < 4.78 is 0. The van der Waals surface area contributed by atoms with Crippen LogP contribution in [0.1, 0.15) is 86.0 Å². The van der Waals surface area contributed by atoms with Crippen LogP contribution in [0.3, 0.4) is 0 Å². The lowest BCUT2D eigenvalue weighted by Gasteiger charge is -2.57. The van der Waals surface area contributed by atoms with E-state index in [1.54, 1.807) is 6.08 Å². The number of allylic oxidation sites excluding steroid dienone is 3. The van der Waals surface area contributed by atoms with Gasteiger partial charge in [0.2, 0.25) is 0 Å². The molecule has 7 atom stereocenters. The van der Waals surface area contributed by atoms with Crippen LogP contribution in [-0.4, -0.2) is 11.6 Å². The van der Waals surface area contributed by atoms with Gasteiger partial charge < -0.3 is 0 Å². The second-order valence-electron chi connectivity index (χ2n) is 11.6. The van der Waals surface area contributed by atoms with Gasteiger partial charge in [0.25, 0.3) is 0 Å². The van der Waals surface area contributed by atoms with Gasteiger partial charge in [0.1, 0.15) is 0 Å². The Labute approximate surface area is 177 Å². The molecule has 0 bridgehead atoms. The van der Waals surface area contributed by atoms with Crippen molar-refractivity contribution in [2.24, 2.45) is 46.3 Å². The van der Waals surface area contributed by atoms with Gasteiger partial charge in [0.05, 0.1) is 0 Å². The SMILES string of the molecule is CC(C)CC=C[C@@H](C)[C@H]1CC[C@H]2[C@@H]3CC(=O)C4=CC(=O)CC[C@]4(C)[C@H]3CC[C@]12C. The van der Waals surface area contributed by atoms with Crippen molar-refractivity contribution in [3.05, 3.63) is 23.8 Å². The Kier molecular flexibility index (Phi) is 5.45. The number of hydrogen-bond acceptors (Lipinski definition) is 2. The van der Waals surface area contributed by atoms with Gasteiger partial charge in [0.15, 0.2) is 11.6 Å². The van der Waals surface area contributed by atoms with Crippen molar-refractivity contribution in [3.63, 3.8) is 0 Å². The molecule has 2 heteroatoms. The number of rotatable bonds is 4. The Morgan fingerprint density at radius 1 is 1.07 bits per heavy atom. The Morgan fingerprint density at radius 2 is 1.83 bits per heavy atom. The Morgan fingerprint density at radius 3 is 2.55 bits per heavy atom. The third kappa shape index (κ3) is 3.39. The zero-order chi connectivity index (χ0) is 21.0. The number of ketones is 2. The highest BCUT2D eigenvalue weighted by Crippen LogP contribution is 2.67. The van der Waals surface area contributed by atoms with Gasteiger partial charge in [-0.25, -0.2) is 0 Å². The van der Waals surface area contributed by atoms with Gasteiger partial charge in [-0.2, -0.15) is 0 Å². The zero-order valence-corrected chi connectivity index (χ0v) is 19.2. The van der Waals surface area contributed by atoms with E-state index in [9.17, 15) is 9.59 Å². The maximum atomic E-state index is 13.1. The first-order valence-corrected chi connectivity index (χ1v) is 12.1. The molecule has 0 aliphatic heterocycles. The van der Waals surface area contributed by atoms with E-state index in [0.29, 0.717) is 41.9 Å². The molecule has 3 fully saturated rings. The molecule has 0 radical (unpaired) electrons. The maximum Gasteiger partial charge on any atom is 0.159 e. The van der Waals surface area contributed by atoms with E-state index in [4.69, 9.17) is 0 Å². The van der Waals surface area contributed by atoms with Crippen molar-refractivity contribution < 1.29 is 9.59 Å². The van der Waals surface area contributed by atoms with Crippen LogP contribution in [0.5, 0.6) is 0 Å². The zero-order valence-electron chi connectivity index (χ0n) is 19.2. The molecular weight excluding hydrogens is 356 g/mol. The highest BCUT2D eigenvalue weighted by Gasteiger charge is 2.60. The van der Waals surface area contributed by atoms with Gasteiger partial charge in [-0.15, -0.1) is 0 Å². The number of carbonyl (C=O) groups is 2. The summed E-state index contributed by atoms with van der Waals surface area (Å²) >= 11 is 0. The van der Waals surface area contributed by atoms with Crippen molar-refractivity contribution in [2.75, 3.05) is 0 Å². The average molecular weight is 397 g/mol. The molecule has 4 aliphatic carbocycles. The summed E-state index contributed by atoms with van der Waals surface area (Å²) in [4.78, 5) is 25.1. The Bertz CT molecular complexity index is 744. The van der Waals surface area contributed by atoms with E-state index in [1.165, 1.54) is 32.1 Å². The Balaban J connectivity index is 1.57. The quantitative estimate of drug-likeness (QED) is 0.505. The summed E-state index contributed by atoms with van der Waals surface area (Å²) in [6.07, 6.45) is 15.1. The fraction of sp³-hybridized carbons (Fsp3) is 0.778. The van der Waals surface area contributed by atoms with E-state index in [0.717, 1.165) is 23.8 Å². The van der Waals surface area contributed by atoms with Gasteiger partial charge in [-0.3, -0.25) is 9.59 Å². The summed E-state index contributed by atoms with van der Waals surface area (Å²) in [5.41, 5.74) is 1.18. The molecule has 160 valence electrons. The van der Waals surface area contributed by atoms with E-state index < -0.39 is 0 Å². The molecule has 4 aliphatic rings. The normalized spacial score (nSPS) is 43.2. The summed E-state index contributed by atoms with van der Waals surface area (Å²) in [7, 11) is 0. The van der Waals surface area contributed by atoms with Crippen LogP contribution in [0, 0.1) is 46.3 Å². The third-order valence-corrected chi connectivity index (χ3v) is 9.54. The topological polar surface area (TPSA) is 34.1 Å². The van der Waals surface area contributed by atoms with Crippen LogP contribution >= 0.6 is 0 Å². The predicted octanol–water partition coefficient (Wildman–Crippen LogP) is 6.55. The molecule has 2 nitrogen and oxygen atoms in total. The lowest BCUT2D eigenvalue weighted by atomic mass is 9.46. The molecule has 0 amide bonds. The van der Waals surface area contributed by atoms with E-state index in [2.05, 4.69) is 46.8 Å². The molecule has 0 aromatic carbocycles. The second-order valence-corrected chi connectivity index (χ2v) is 11.6. The highest BCUT2D eigenvalue weighted by molar-refractivity contribution is 6.05. The minimum atomic E-state index is -0.0594. The summed E-state index contributed by atoms with van der Waals surface area (Å²) in [5, 5.41) is 0. The molecule has 0 N–H and O–H groups in total. The largest absolute Gasteiger partial charge is 0.295 e. The van der Waals surface area contributed by atoms with E-state index in [1.807, 2.05) is 0 Å². The first kappa shape index (κ1) is 21.1. The first-order valence-electron chi connectivity index (χ1n) is 12.1. The molecule has 0 aromatic rings. The van der Waals surface area contributed by atoms with Gasteiger partial charge >= 0.3 is 0 Å². The standard InChI is InChI=1S/C27H40O2/c1-17(2)7-6-8-18(3)21-9-10-22-20-16-25(29)24-15-19(28)11-13-27(24,5)23(20)12-14-26(21,22)4/h6,8,15,17-18,20-23H,7,9-14,16H2,1-5H3/t18-,20+,21-,22+,23+,26-,27-/m1/s1. The lowest BCUT2D eigenvalue weighted by Crippen LogP contribution is -2.53. The van der Waals surface area contributed by atoms with Crippen molar-refractivity contribution in [1.82, 2.24) is 0 Å². The summed E-state index contributed by atoms with van der Waals surface area (Å²) in [6.45, 7) is 11.8.